The molecule has 0 atom stereocenters. The maximum absolute atomic E-state index is 9.03. The third-order valence-corrected chi connectivity index (χ3v) is 3.14. The van der Waals surface area contributed by atoms with Gasteiger partial charge in [-0.15, -0.1) is 0 Å². The van der Waals surface area contributed by atoms with Crippen molar-refractivity contribution >= 4 is 10.9 Å². The summed E-state index contributed by atoms with van der Waals surface area (Å²) in [5, 5.41) is 10.3. The highest BCUT2D eigenvalue weighted by Gasteiger charge is 2.25. The van der Waals surface area contributed by atoms with Crippen molar-refractivity contribution in [2.45, 2.75) is 25.3 Å². The fourth-order valence-corrected chi connectivity index (χ4v) is 2.25. The highest BCUT2D eigenvalue weighted by molar-refractivity contribution is 5.84. The topological polar surface area (TPSA) is 25.2 Å². The van der Waals surface area contributed by atoms with Gasteiger partial charge in [0.05, 0.1) is 0 Å². The van der Waals surface area contributed by atoms with E-state index in [4.69, 9.17) is 5.11 Å². The fourth-order valence-electron chi connectivity index (χ4n) is 2.25. The Morgan fingerprint density at radius 3 is 2.80 bits per heavy atom. The summed E-state index contributed by atoms with van der Waals surface area (Å²) in [6.07, 6.45) is 5.59. The first kappa shape index (κ1) is 8.98. The van der Waals surface area contributed by atoms with Crippen molar-refractivity contribution in [3.05, 3.63) is 36.0 Å². The number of aliphatic hydroxyl groups is 1. The zero-order chi connectivity index (χ0) is 10.3. The SMILES string of the molecule is OCCc1cn(C2CC2)c2ccccc12. The van der Waals surface area contributed by atoms with Gasteiger partial charge < -0.3 is 9.67 Å². The second-order valence-corrected chi connectivity index (χ2v) is 4.28. The molecule has 1 N–H and O–H groups in total. The molecule has 1 aromatic carbocycles. The van der Waals surface area contributed by atoms with Crippen LogP contribution in [0.15, 0.2) is 30.5 Å². The molecule has 0 spiro atoms. The van der Waals surface area contributed by atoms with E-state index in [9.17, 15) is 0 Å². The van der Waals surface area contributed by atoms with Gasteiger partial charge in [-0.25, -0.2) is 0 Å². The Balaban J connectivity index is 2.18. The second kappa shape index (κ2) is 3.38. The highest BCUT2D eigenvalue weighted by Crippen LogP contribution is 2.38. The van der Waals surface area contributed by atoms with Crippen molar-refractivity contribution in [3.8, 4) is 0 Å². The second-order valence-electron chi connectivity index (χ2n) is 4.28. The number of nitrogens with zero attached hydrogens (tertiary/aromatic N) is 1. The van der Waals surface area contributed by atoms with Gasteiger partial charge in [-0.2, -0.15) is 0 Å². The van der Waals surface area contributed by atoms with Gasteiger partial charge in [0.1, 0.15) is 0 Å². The molecule has 1 aliphatic rings. The lowest BCUT2D eigenvalue weighted by molar-refractivity contribution is 0.300. The number of aliphatic hydroxyl groups excluding tert-OH is 1. The standard InChI is InChI=1S/C13H15NO/c15-8-7-10-9-14(11-5-6-11)13-4-2-1-3-12(10)13/h1-4,9,11,15H,5-8H2. The molecule has 1 aromatic heterocycles. The van der Waals surface area contributed by atoms with Crippen LogP contribution in [0.3, 0.4) is 0 Å². The van der Waals surface area contributed by atoms with Gasteiger partial charge in [0.2, 0.25) is 0 Å². The summed E-state index contributed by atoms with van der Waals surface area (Å²) in [5.41, 5.74) is 2.60. The summed E-state index contributed by atoms with van der Waals surface area (Å²) in [4.78, 5) is 0. The van der Waals surface area contributed by atoms with Gasteiger partial charge in [-0.3, -0.25) is 0 Å². The number of rotatable bonds is 3. The van der Waals surface area contributed by atoms with E-state index in [1.165, 1.54) is 29.3 Å². The molecule has 2 aromatic rings. The Hall–Kier alpha value is -1.28. The molecule has 0 unspecified atom stereocenters. The average molecular weight is 201 g/mol. The molecule has 1 heterocycles. The van der Waals surface area contributed by atoms with Gasteiger partial charge >= 0.3 is 0 Å². The predicted octanol–water partition coefficient (Wildman–Crippen LogP) is 2.51. The summed E-state index contributed by atoms with van der Waals surface area (Å²) in [6, 6.07) is 9.19. The highest BCUT2D eigenvalue weighted by atomic mass is 16.2. The van der Waals surface area contributed by atoms with E-state index in [1.54, 1.807) is 0 Å². The zero-order valence-corrected chi connectivity index (χ0v) is 8.69. The van der Waals surface area contributed by atoms with E-state index in [2.05, 4.69) is 35.0 Å². The van der Waals surface area contributed by atoms with E-state index in [0.29, 0.717) is 6.04 Å². The molecule has 0 saturated heterocycles. The van der Waals surface area contributed by atoms with Crippen molar-refractivity contribution in [2.24, 2.45) is 0 Å². The van der Waals surface area contributed by atoms with Crippen LogP contribution in [0.4, 0.5) is 0 Å². The van der Waals surface area contributed by atoms with E-state index in [0.717, 1.165) is 6.42 Å². The van der Waals surface area contributed by atoms with Crippen LogP contribution < -0.4 is 0 Å². The van der Waals surface area contributed by atoms with Crippen LogP contribution in [-0.4, -0.2) is 16.3 Å². The molecule has 2 nitrogen and oxygen atoms in total. The molecule has 3 rings (SSSR count). The molecule has 1 fully saturated rings. The molecule has 15 heavy (non-hydrogen) atoms. The van der Waals surface area contributed by atoms with Crippen molar-refractivity contribution in [1.29, 1.82) is 0 Å². The van der Waals surface area contributed by atoms with Crippen LogP contribution in [0.5, 0.6) is 0 Å². The first-order valence-corrected chi connectivity index (χ1v) is 5.59. The van der Waals surface area contributed by atoms with E-state index in [1.807, 2.05) is 0 Å². The lowest BCUT2D eigenvalue weighted by Crippen LogP contribution is -1.91. The van der Waals surface area contributed by atoms with Crippen LogP contribution >= 0.6 is 0 Å². The monoisotopic (exact) mass is 201 g/mol. The molecule has 0 bridgehead atoms. The Labute approximate surface area is 89.1 Å². The first-order chi connectivity index (χ1) is 7.40. The maximum Gasteiger partial charge on any atom is 0.0485 e. The van der Waals surface area contributed by atoms with Crippen LogP contribution in [-0.2, 0) is 6.42 Å². The van der Waals surface area contributed by atoms with Crippen molar-refractivity contribution < 1.29 is 5.11 Å². The van der Waals surface area contributed by atoms with Gasteiger partial charge in [0.25, 0.3) is 0 Å². The molecule has 0 amide bonds. The average Bonchev–Trinajstić information content (AvgIpc) is 3.04. The Kier molecular flexibility index (Phi) is 2.03. The van der Waals surface area contributed by atoms with Gasteiger partial charge in [0, 0.05) is 29.7 Å². The predicted molar refractivity (Wildman–Crippen MR) is 61.0 cm³/mol. The molecule has 0 radical (unpaired) electrons. The number of hydrogen-bond donors (Lipinski definition) is 1. The van der Waals surface area contributed by atoms with Crippen molar-refractivity contribution in [1.82, 2.24) is 4.57 Å². The maximum atomic E-state index is 9.03. The van der Waals surface area contributed by atoms with E-state index < -0.39 is 0 Å². The summed E-state index contributed by atoms with van der Waals surface area (Å²) in [6.45, 7) is 0.235. The van der Waals surface area contributed by atoms with Crippen LogP contribution in [0.25, 0.3) is 10.9 Å². The molecule has 1 saturated carbocycles. The number of fused-ring (bicyclic) bond motifs is 1. The van der Waals surface area contributed by atoms with Crippen LogP contribution in [0.1, 0.15) is 24.4 Å². The fraction of sp³-hybridized carbons (Fsp3) is 0.385. The number of aromatic nitrogens is 1. The van der Waals surface area contributed by atoms with Crippen LogP contribution in [0.2, 0.25) is 0 Å². The van der Waals surface area contributed by atoms with Crippen LogP contribution in [0, 0.1) is 0 Å². The molecule has 78 valence electrons. The third kappa shape index (κ3) is 1.45. The zero-order valence-electron chi connectivity index (χ0n) is 8.69. The Bertz CT molecular complexity index is 482. The molecule has 2 heteroatoms. The molecule has 1 aliphatic carbocycles. The largest absolute Gasteiger partial charge is 0.396 e. The number of para-hydroxylation sites is 1. The van der Waals surface area contributed by atoms with E-state index >= 15 is 0 Å². The molecular formula is C13H15NO. The quantitative estimate of drug-likeness (QED) is 0.811. The smallest absolute Gasteiger partial charge is 0.0485 e. The van der Waals surface area contributed by atoms with Crippen molar-refractivity contribution in [2.75, 3.05) is 6.61 Å². The minimum atomic E-state index is 0.235. The summed E-state index contributed by atoms with van der Waals surface area (Å²) < 4.78 is 2.38. The van der Waals surface area contributed by atoms with Crippen molar-refractivity contribution in [3.63, 3.8) is 0 Å². The lowest BCUT2D eigenvalue weighted by atomic mass is 10.1. The summed E-state index contributed by atoms with van der Waals surface area (Å²) in [5.74, 6) is 0. The third-order valence-electron chi connectivity index (χ3n) is 3.14. The molecular weight excluding hydrogens is 186 g/mol. The van der Waals surface area contributed by atoms with Gasteiger partial charge in [0.15, 0.2) is 0 Å². The number of hydrogen-bond acceptors (Lipinski definition) is 1. The minimum absolute atomic E-state index is 0.235. The Morgan fingerprint density at radius 2 is 2.07 bits per heavy atom. The lowest BCUT2D eigenvalue weighted by Gasteiger charge is -2.00. The molecule has 0 aliphatic heterocycles. The number of benzene rings is 1. The normalized spacial score (nSPS) is 16.1. The van der Waals surface area contributed by atoms with E-state index in [-0.39, 0.29) is 6.61 Å². The minimum Gasteiger partial charge on any atom is -0.396 e. The summed E-state index contributed by atoms with van der Waals surface area (Å²) in [7, 11) is 0. The van der Waals surface area contributed by atoms with Gasteiger partial charge in [-0.1, -0.05) is 18.2 Å². The first-order valence-electron chi connectivity index (χ1n) is 5.59. The van der Waals surface area contributed by atoms with Gasteiger partial charge in [-0.05, 0) is 30.9 Å². The summed E-state index contributed by atoms with van der Waals surface area (Å²) >= 11 is 0. The Morgan fingerprint density at radius 1 is 1.27 bits per heavy atom.